The predicted molar refractivity (Wildman–Crippen MR) is 122 cm³/mol. The number of aryl methyl sites for hydroxylation is 3. The number of anilines is 1. The molecule has 164 valence electrons. The van der Waals surface area contributed by atoms with Gasteiger partial charge in [0.15, 0.2) is 5.65 Å². The molecule has 1 aliphatic rings. The van der Waals surface area contributed by atoms with E-state index in [1.165, 1.54) is 5.69 Å². The molecule has 0 unspecified atom stereocenters. The number of ether oxygens (including phenoxy) is 1. The van der Waals surface area contributed by atoms with Gasteiger partial charge in [-0.1, -0.05) is 0 Å². The maximum atomic E-state index is 13.0. The Labute approximate surface area is 183 Å². The van der Waals surface area contributed by atoms with E-state index < -0.39 is 0 Å². The van der Waals surface area contributed by atoms with Crippen LogP contribution < -0.4 is 9.64 Å². The lowest BCUT2D eigenvalue weighted by Gasteiger charge is -2.24. The van der Waals surface area contributed by atoms with Gasteiger partial charge in [0.25, 0.3) is 0 Å². The van der Waals surface area contributed by atoms with Crippen LogP contribution in [0.4, 0.5) is 5.69 Å². The zero-order chi connectivity index (χ0) is 22.0. The van der Waals surface area contributed by atoms with Crippen molar-refractivity contribution in [1.29, 1.82) is 0 Å². The van der Waals surface area contributed by atoms with E-state index >= 15 is 0 Å². The zero-order valence-corrected chi connectivity index (χ0v) is 18.9. The Hall–Kier alpha value is -3.09. The smallest absolute Gasteiger partial charge is 0.222 e. The number of aromatic nitrogens is 3. The number of carbonyl (C=O) groups excluding carboxylic acids is 1. The molecule has 1 aromatic carbocycles. The SMILES string of the molecule is COc1ccc(N2CCCN(C(=O)CCc3c(C)nc4cc(C)nn4c3C)CC2)cc1. The van der Waals surface area contributed by atoms with Gasteiger partial charge in [0.1, 0.15) is 5.75 Å². The van der Waals surface area contributed by atoms with Crippen LogP contribution in [-0.2, 0) is 11.2 Å². The molecule has 0 N–H and O–H groups in total. The summed E-state index contributed by atoms with van der Waals surface area (Å²) in [5, 5.41) is 4.54. The third-order valence-electron chi connectivity index (χ3n) is 6.16. The standard InChI is InChI=1S/C24H31N5O2/c1-17-16-23-25-18(2)22(19(3)29(23)26-17)10-11-24(30)28-13-5-12-27(14-15-28)20-6-8-21(31-4)9-7-20/h6-9,16H,5,10-15H2,1-4H3. The second-order valence-corrected chi connectivity index (χ2v) is 8.24. The maximum Gasteiger partial charge on any atom is 0.222 e. The molecule has 4 rings (SSSR count). The molecule has 3 heterocycles. The fraction of sp³-hybridized carbons (Fsp3) is 0.458. The Balaban J connectivity index is 1.38. The molecule has 1 amide bonds. The van der Waals surface area contributed by atoms with Crippen molar-refractivity contribution in [1.82, 2.24) is 19.5 Å². The lowest BCUT2D eigenvalue weighted by Crippen LogP contribution is -2.35. The Kier molecular flexibility index (Phi) is 6.11. The van der Waals surface area contributed by atoms with Gasteiger partial charge in [0.05, 0.1) is 12.8 Å². The first-order valence-corrected chi connectivity index (χ1v) is 11.0. The topological polar surface area (TPSA) is 63.0 Å². The normalized spacial score (nSPS) is 14.7. The van der Waals surface area contributed by atoms with Crippen LogP contribution in [0.1, 0.15) is 35.5 Å². The van der Waals surface area contributed by atoms with Crippen LogP contribution >= 0.6 is 0 Å². The van der Waals surface area contributed by atoms with Gasteiger partial charge in [0, 0.05) is 55.7 Å². The van der Waals surface area contributed by atoms with Crippen LogP contribution in [0, 0.1) is 20.8 Å². The molecule has 1 aliphatic heterocycles. The average molecular weight is 422 g/mol. The summed E-state index contributed by atoms with van der Waals surface area (Å²) in [5.41, 5.74) is 6.18. The van der Waals surface area contributed by atoms with Crippen molar-refractivity contribution in [3.8, 4) is 5.75 Å². The van der Waals surface area contributed by atoms with Crippen LogP contribution in [0.15, 0.2) is 30.3 Å². The summed E-state index contributed by atoms with van der Waals surface area (Å²) in [5.74, 6) is 1.08. The van der Waals surface area contributed by atoms with Crippen molar-refractivity contribution in [2.75, 3.05) is 38.2 Å². The molecular formula is C24H31N5O2. The molecule has 0 saturated carbocycles. The van der Waals surface area contributed by atoms with E-state index in [-0.39, 0.29) is 5.91 Å². The van der Waals surface area contributed by atoms with Crippen molar-refractivity contribution < 1.29 is 9.53 Å². The first-order chi connectivity index (χ1) is 15.0. The summed E-state index contributed by atoms with van der Waals surface area (Å²) in [7, 11) is 1.68. The molecule has 1 fully saturated rings. The zero-order valence-electron chi connectivity index (χ0n) is 18.9. The second-order valence-electron chi connectivity index (χ2n) is 8.24. The molecule has 0 aliphatic carbocycles. The van der Waals surface area contributed by atoms with Gasteiger partial charge < -0.3 is 14.5 Å². The van der Waals surface area contributed by atoms with Crippen LogP contribution in [0.5, 0.6) is 5.75 Å². The predicted octanol–water partition coefficient (Wildman–Crippen LogP) is 3.33. The van der Waals surface area contributed by atoms with Gasteiger partial charge in [-0.3, -0.25) is 4.79 Å². The van der Waals surface area contributed by atoms with Crippen molar-refractivity contribution in [2.45, 2.75) is 40.0 Å². The van der Waals surface area contributed by atoms with Gasteiger partial charge in [0.2, 0.25) is 5.91 Å². The number of fused-ring (bicyclic) bond motifs is 1. The molecular weight excluding hydrogens is 390 g/mol. The summed E-state index contributed by atoms with van der Waals surface area (Å²) in [6.07, 6.45) is 2.16. The Morgan fingerprint density at radius 2 is 1.84 bits per heavy atom. The van der Waals surface area contributed by atoms with Crippen molar-refractivity contribution >= 4 is 17.2 Å². The number of carbonyl (C=O) groups is 1. The summed E-state index contributed by atoms with van der Waals surface area (Å²) in [4.78, 5) is 22.0. The van der Waals surface area contributed by atoms with Crippen LogP contribution in [-0.4, -0.2) is 58.7 Å². The highest BCUT2D eigenvalue weighted by molar-refractivity contribution is 5.76. The number of methoxy groups -OCH3 is 1. The second kappa shape index (κ2) is 8.96. The summed E-state index contributed by atoms with van der Waals surface area (Å²) in [6.45, 7) is 9.41. The van der Waals surface area contributed by atoms with Gasteiger partial charge in [-0.05, 0) is 63.4 Å². The number of rotatable bonds is 5. The molecule has 7 nitrogen and oxygen atoms in total. The van der Waals surface area contributed by atoms with Crippen LogP contribution in [0.2, 0.25) is 0 Å². The monoisotopic (exact) mass is 421 g/mol. The third kappa shape index (κ3) is 4.50. The van der Waals surface area contributed by atoms with E-state index in [9.17, 15) is 4.79 Å². The number of hydrogen-bond donors (Lipinski definition) is 0. The minimum Gasteiger partial charge on any atom is -0.497 e. The Morgan fingerprint density at radius 3 is 2.58 bits per heavy atom. The molecule has 2 aromatic heterocycles. The molecule has 0 radical (unpaired) electrons. The van der Waals surface area contributed by atoms with Gasteiger partial charge in [-0.15, -0.1) is 0 Å². The number of amides is 1. The molecule has 0 spiro atoms. The Morgan fingerprint density at radius 1 is 1.06 bits per heavy atom. The number of nitrogens with zero attached hydrogens (tertiary/aromatic N) is 5. The van der Waals surface area contributed by atoms with Gasteiger partial charge in [-0.2, -0.15) is 5.10 Å². The summed E-state index contributed by atoms with van der Waals surface area (Å²) in [6, 6.07) is 10.1. The molecule has 7 heteroatoms. The lowest BCUT2D eigenvalue weighted by molar-refractivity contribution is -0.130. The molecule has 1 saturated heterocycles. The minimum absolute atomic E-state index is 0.215. The van der Waals surface area contributed by atoms with E-state index in [0.717, 1.165) is 66.6 Å². The lowest BCUT2D eigenvalue weighted by atomic mass is 10.1. The van der Waals surface area contributed by atoms with Crippen molar-refractivity contribution in [3.05, 3.63) is 53.0 Å². The highest BCUT2D eigenvalue weighted by Gasteiger charge is 2.20. The van der Waals surface area contributed by atoms with Crippen molar-refractivity contribution in [2.24, 2.45) is 0 Å². The minimum atomic E-state index is 0.215. The highest BCUT2D eigenvalue weighted by atomic mass is 16.5. The number of hydrogen-bond acceptors (Lipinski definition) is 5. The quantitative estimate of drug-likeness (QED) is 0.632. The van der Waals surface area contributed by atoms with E-state index in [4.69, 9.17) is 4.74 Å². The molecule has 31 heavy (non-hydrogen) atoms. The van der Waals surface area contributed by atoms with Gasteiger partial charge in [-0.25, -0.2) is 9.50 Å². The first-order valence-electron chi connectivity index (χ1n) is 11.0. The summed E-state index contributed by atoms with van der Waals surface area (Å²) < 4.78 is 7.14. The van der Waals surface area contributed by atoms with Crippen LogP contribution in [0.3, 0.4) is 0 Å². The highest BCUT2D eigenvalue weighted by Crippen LogP contribution is 2.21. The van der Waals surface area contributed by atoms with E-state index in [1.54, 1.807) is 7.11 Å². The van der Waals surface area contributed by atoms with Crippen LogP contribution in [0.25, 0.3) is 5.65 Å². The average Bonchev–Trinajstić information content (AvgIpc) is 2.98. The maximum absolute atomic E-state index is 13.0. The number of benzene rings is 1. The Bertz CT molecular complexity index is 1070. The third-order valence-corrected chi connectivity index (χ3v) is 6.16. The first kappa shape index (κ1) is 21.2. The van der Waals surface area contributed by atoms with Crippen molar-refractivity contribution in [3.63, 3.8) is 0 Å². The van der Waals surface area contributed by atoms with Gasteiger partial charge >= 0.3 is 0 Å². The molecule has 0 bridgehead atoms. The largest absolute Gasteiger partial charge is 0.497 e. The summed E-state index contributed by atoms with van der Waals surface area (Å²) >= 11 is 0. The van der Waals surface area contributed by atoms with E-state index in [1.807, 2.05) is 41.5 Å². The fourth-order valence-electron chi connectivity index (χ4n) is 4.41. The van der Waals surface area contributed by atoms with E-state index in [0.29, 0.717) is 12.8 Å². The van der Waals surface area contributed by atoms with E-state index in [2.05, 4.69) is 34.0 Å². The molecule has 3 aromatic rings. The fourth-order valence-corrected chi connectivity index (χ4v) is 4.41. The molecule has 0 atom stereocenters.